The summed E-state index contributed by atoms with van der Waals surface area (Å²) in [5.74, 6) is 2.08. The molecule has 6 aromatic rings. The van der Waals surface area contributed by atoms with Crippen LogP contribution in [0.15, 0.2) is 86.6 Å². The quantitative estimate of drug-likeness (QED) is 0.0207. The number of carbonyl (C=O) groups excluding carboxylic acids is 5. The Morgan fingerprint density at radius 2 is 0.867 bits per heavy atom. The molecule has 5 heterocycles. The number of ketones is 3. The number of imidazole rings is 3. The lowest BCUT2D eigenvalue weighted by molar-refractivity contribution is -0.131. The third kappa shape index (κ3) is 31.7. The number of nitrogens with zero attached hydrogens (tertiary/aromatic N) is 7. The molecule has 8 rings (SSSR count). The number of amides is 2. The molecule has 105 heavy (non-hydrogen) atoms. The number of halogens is 6. The minimum absolute atomic E-state index is 0. The van der Waals surface area contributed by atoms with Crippen molar-refractivity contribution in [2.45, 2.75) is 242 Å². The summed E-state index contributed by atoms with van der Waals surface area (Å²) < 4.78 is 58.6. The van der Waals surface area contributed by atoms with Gasteiger partial charge in [0.15, 0.2) is 0 Å². The largest absolute Gasteiger partial charge is 0.361 e. The highest BCUT2D eigenvalue weighted by atomic mass is 79.9. The molecule has 3 aromatic carbocycles. The van der Waals surface area contributed by atoms with Gasteiger partial charge in [0.1, 0.15) is 79.5 Å². The molecule has 2 aliphatic heterocycles. The van der Waals surface area contributed by atoms with Crippen LogP contribution in [0.3, 0.4) is 0 Å². The van der Waals surface area contributed by atoms with Gasteiger partial charge in [-0.15, -0.1) is 0 Å². The van der Waals surface area contributed by atoms with Gasteiger partial charge in [0, 0.05) is 117 Å². The van der Waals surface area contributed by atoms with Gasteiger partial charge in [-0.3, -0.25) is 24.0 Å². The first-order valence-electron chi connectivity index (χ1n) is 36.5. The summed E-state index contributed by atoms with van der Waals surface area (Å²) in [6.45, 7) is 24.6. The molecule has 3 atom stereocenters. The third-order valence-electron chi connectivity index (χ3n) is 18.4. The van der Waals surface area contributed by atoms with E-state index in [9.17, 15) is 37.1 Å². The highest BCUT2D eigenvalue weighted by Crippen LogP contribution is 2.36. The summed E-state index contributed by atoms with van der Waals surface area (Å²) in [5, 5.41) is 6.49. The fraction of sp³-hybridized carbons (Fsp3) is 0.595. The maximum absolute atomic E-state index is 13.7. The molecule has 18 nitrogen and oxygen atoms in total. The van der Waals surface area contributed by atoms with Gasteiger partial charge in [0.25, 0.3) is 0 Å². The molecule has 0 bridgehead atoms. The van der Waals surface area contributed by atoms with E-state index in [2.05, 4.69) is 117 Å². The second kappa shape index (κ2) is 46.9. The van der Waals surface area contributed by atoms with Crippen LogP contribution in [-0.4, -0.2) is 138 Å². The minimum atomic E-state index is -1.27. The van der Waals surface area contributed by atoms with Gasteiger partial charge >= 0.3 is 0 Å². The van der Waals surface area contributed by atoms with E-state index in [1.165, 1.54) is 36.4 Å². The number of hydrogen-bond acceptors (Lipinski definition) is 13. The van der Waals surface area contributed by atoms with Gasteiger partial charge in [0.05, 0.1) is 41.0 Å². The Balaban J connectivity index is 0.000000406. The van der Waals surface area contributed by atoms with Crippen LogP contribution >= 0.6 is 47.8 Å². The van der Waals surface area contributed by atoms with Gasteiger partial charge in [-0.05, 0) is 185 Å². The van der Waals surface area contributed by atoms with Crippen LogP contribution < -0.4 is 16.4 Å². The van der Waals surface area contributed by atoms with Crippen molar-refractivity contribution in [2.24, 2.45) is 17.6 Å². The van der Waals surface area contributed by atoms with E-state index >= 15 is 0 Å². The monoisotopic (exact) mass is 1690 g/mol. The number of nitrogens with one attached hydrogen (secondary N) is 3. The van der Waals surface area contributed by atoms with E-state index in [0.29, 0.717) is 101 Å². The highest BCUT2D eigenvalue weighted by molar-refractivity contribution is 9.11. The molecular formula is C79H123Br3F3N11O7Si2. The standard InChI is InChI=1S/C29H44BrFN4O3Si.C24H37BrFN3O2Si.C23H30BrFN4O2.3CH4/c1-6-24(36)10-8-7-9-11-25(32-29(37)22-18-34(2)19-22)26-27(30)33-28(21-12-14-23(31)15-13-21)35(26)20-38-16-17-39(3,4)5;1-5-20(30)9-7-6-8-10-21(27)22-23(25)28-24(18-11-13-19(26)14-12-18)29(22)17-31-15-16-32(2,3)4;1-3-18(30)7-5-4-6-8-19(26-23(31)16-13-29(2)14-16)20-21(24)28-22(27-20)15-9-11-17(25)12-10-15;;;/h12-15,22,25H,6-11,16-20H2,1-5H3,(H,32,37);11-14,21H,5-10,15-17,27H2,1-4H3;9-12,16,19H,3-8,13-14H2,1-2H3,(H,26,31)(H,27,28);3*1H4/t25-;21-;19-;;;/m000.../s1. The van der Waals surface area contributed by atoms with E-state index in [1.807, 2.05) is 44.0 Å². The molecule has 0 radical (unpaired) electrons. The fourth-order valence-corrected chi connectivity index (χ4v) is 15.4. The number of hydrogen-bond donors (Lipinski definition) is 4. The van der Waals surface area contributed by atoms with Crippen LogP contribution in [0.5, 0.6) is 0 Å². The second-order valence-electron chi connectivity index (χ2n) is 29.6. The first-order chi connectivity index (χ1) is 48.5. The summed E-state index contributed by atoms with van der Waals surface area (Å²) in [6.07, 6.45) is 14.0. The zero-order valence-corrected chi connectivity index (χ0v) is 68.7. The summed E-state index contributed by atoms with van der Waals surface area (Å²) in [6, 6.07) is 20.2. The summed E-state index contributed by atoms with van der Waals surface area (Å²) in [7, 11) is 1.55. The van der Waals surface area contributed by atoms with E-state index in [1.54, 1.807) is 36.4 Å². The van der Waals surface area contributed by atoms with E-state index < -0.39 is 16.1 Å². The fourth-order valence-electron chi connectivity index (χ4n) is 12.0. The molecule has 2 fully saturated rings. The van der Waals surface area contributed by atoms with Gasteiger partial charge in [0.2, 0.25) is 11.8 Å². The lowest BCUT2D eigenvalue weighted by Crippen LogP contribution is -2.52. The molecular weight excluding hydrogens is 1570 g/mol. The van der Waals surface area contributed by atoms with E-state index in [-0.39, 0.29) is 94.0 Å². The Bertz CT molecular complexity index is 3590. The van der Waals surface area contributed by atoms with Crippen molar-refractivity contribution in [3.8, 4) is 34.2 Å². The van der Waals surface area contributed by atoms with Crippen molar-refractivity contribution < 1.29 is 46.6 Å². The van der Waals surface area contributed by atoms with Gasteiger partial charge in [-0.2, -0.15) is 0 Å². The van der Waals surface area contributed by atoms with Crippen molar-refractivity contribution in [1.82, 2.24) is 49.5 Å². The van der Waals surface area contributed by atoms with Gasteiger partial charge < -0.3 is 49.8 Å². The number of carbonyl (C=O) groups is 5. The molecule has 0 saturated carbocycles. The number of H-pyrrole nitrogens is 1. The average Bonchev–Trinajstić information content (AvgIpc) is 1.66. The van der Waals surface area contributed by atoms with E-state index in [4.69, 9.17) is 25.2 Å². The maximum Gasteiger partial charge on any atom is 0.226 e. The van der Waals surface area contributed by atoms with Crippen LogP contribution in [0.25, 0.3) is 34.2 Å². The van der Waals surface area contributed by atoms with Crippen LogP contribution in [0.4, 0.5) is 13.2 Å². The zero-order valence-electron chi connectivity index (χ0n) is 61.9. The Hall–Kier alpha value is -5.30. The normalized spacial score (nSPS) is 14.2. The van der Waals surface area contributed by atoms with Crippen molar-refractivity contribution in [3.05, 3.63) is 121 Å². The number of likely N-dealkylation sites (tertiary alicyclic amines) is 2. The Labute approximate surface area is 652 Å². The summed E-state index contributed by atoms with van der Waals surface area (Å²) in [5.41, 5.74) is 11.5. The first-order valence-corrected chi connectivity index (χ1v) is 46.3. The number of benzene rings is 3. The lowest BCUT2D eigenvalue weighted by Gasteiger charge is -2.36. The molecule has 26 heteroatoms. The van der Waals surface area contributed by atoms with Crippen LogP contribution in [0.1, 0.15) is 194 Å². The topological polar surface area (TPSA) is 225 Å². The summed E-state index contributed by atoms with van der Waals surface area (Å²) >= 11 is 10.8. The molecule has 0 aliphatic carbocycles. The molecule has 2 aliphatic rings. The number of aromatic nitrogens is 6. The predicted molar refractivity (Wildman–Crippen MR) is 437 cm³/mol. The second-order valence-corrected chi connectivity index (χ2v) is 43.1. The molecule has 586 valence electrons. The van der Waals surface area contributed by atoms with Crippen molar-refractivity contribution in [1.29, 1.82) is 0 Å². The molecule has 5 N–H and O–H groups in total. The molecule has 2 saturated heterocycles. The number of ether oxygens (including phenoxy) is 2. The van der Waals surface area contributed by atoms with Crippen LogP contribution in [-0.2, 0) is 46.9 Å². The Morgan fingerprint density at radius 3 is 1.25 bits per heavy atom. The van der Waals surface area contributed by atoms with Crippen molar-refractivity contribution in [3.63, 3.8) is 0 Å². The first kappa shape index (κ1) is 93.9. The number of aromatic amines is 1. The van der Waals surface area contributed by atoms with Crippen LogP contribution in [0.2, 0.25) is 51.4 Å². The number of rotatable bonds is 41. The highest BCUT2D eigenvalue weighted by Gasteiger charge is 2.35. The minimum Gasteiger partial charge on any atom is -0.361 e. The lowest BCUT2D eigenvalue weighted by atomic mass is 9.98. The van der Waals surface area contributed by atoms with Gasteiger partial charge in [-0.25, -0.2) is 28.1 Å². The number of Topliss-reactive ketones (excluding diaryl/α,β-unsaturated/α-hetero) is 3. The van der Waals surface area contributed by atoms with Crippen molar-refractivity contribution in [2.75, 3.05) is 53.5 Å². The Morgan fingerprint density at radius 1 is 0.514 bits per heavy atom. The average molecular weight is 1690 g/mol. The molecule has 2 amide bonds. The van der Waals surface area contributed by atoms with Crippen molar-refractivity contribution >= 4 is 93.1 Å². The number of nitrogens with two attached hydrogens (primary N) is 1. The number of unbranched alkanes of at least 4 members (excludes halogenated alkanes) is 6. The maximum atomic E-state index is 13.7. The van der Waals surface area contributed by atoms with E-state index in [0.717, 1.165) is 149 Å². The molecule has 3 aromatic heterocycles. The summed E-state index contributed by atoms with van der Waals surface area (Å²) in [4.78, 5) is 82.3. The zero-order chi connectivity index (χ0) is 74.7. The molecule has 0 spiro atoms. The smallest absolute Gasteiger partial charge is 0.226 e. The predicted octanol–water partition coefficient (Wildman–Crippen LogP) is 19.6. The Kier molecular flexibility index (Phi) is 42.0. The van der Waals surface area contributed by atoms with Gasteiger partial charge in [-0.1, -0.05) is 121 Å². The third-order valence-corrected chi connectivity index (χ3v) is 23.6. The van der Waals surface area contributed by atoms with Crippen LogP contribution in [0, 0.1) is 29.3 Å². The molecule has 0 unspecified atom stereocenters. The SMILES string of the molecule is C.C.C.CCC(=O)CCCCC[C@H](N)c1c(Br)nc(-c2ccc(F)cc2)n1COCC[Si](C)(C)C.CCC(=O)CCCCC[C@H](NC(=O)C1CN(C)C1)c1[nH]c(-c2ccc(F)cc2)nc1Br.CCC(=O)CCCCC[C@H](NC(=O)C1CN(C)C1)c1c(Br)nc(-c2ccc(F)cc2)n1COCC[Si](C)(C)C.